The lowest BCUT2D eigenvalue weighted by atomic mass is 10.1. The van der Waals surface area contributed by atoms with Gasteiger partial charge in [-0.15, -0.1) is 0 Å². The Balaban J connectivity index is 1.86. The van der Waals surface area contributed by atoms with E-state index in [1.54, 1.807) is 20.8 Å². The smallest absolute Gasteiger partial charge is 0.407 e. The molecule has 1 aromatic rings. The molecule has 1 aliphatic rings. The Bertz CT molecular complexity index is 634. The molecule has 0 saturated heterocycles. The monoisotopic (exact) mass is 350 g/mol. The minimum absolute atomic E-state index is 0.158. The molecule has 1 fully saturated rings. The zero-order valence-corrected chi connectivity index (χ0v) is 16.1. The summed E-state index contributed by atoms with van der Waals surface area (Å²) < 4.78 is 7.10. The molecular weight excluding hydrogens is 320 g/mol. The number of nitrogens with zero attached hydrogens (tertiary/aromatic N) is 2. The minimum atomic E-state index is -0.535. The third kappa shape index (κ3) is 5.76. The number of hydrogen-bond acceptors (Lipinski definition) is 4. The molecule has 1 aromatic heterocycles. The second-order valence-corrected chi connectivity index (χ2v) is 8.50. The van der Waals surface area contributed by atoms with Gasteiger partial charge in [-0.05, 0) is 60.5 Å². The average molecular weight is 350 g/mol. The molecule has 0 unspecified atom stereocenters. The van der Waals surface area contributed by atoms with Gasteiger partial charge in [0.2, 0.25) is 0 Å². The molecule has 1 saturated carbocycles. The van der Waals surface area contributed by atoms with Crippen molar-refractivity contribution in [3.8, 4) is 0 Å². The van der Waals surface area contributed by atoms with Gasteiger partial charge in [-0.1, -0.05) is 0 Å². The number of carbonyl (C=O) groups is 2. The molecular formula is C18H30N4O3. The lowest BCUT2D eigenvalue weighted by molar-refractivity contribution is 0.0526. The summed E-state index contributed by atoms with van der Waals surface area (Å²) in [6, 6.07) is 1.89. The van der Waals surface area contributed by atoms with Gasteiger partial charge in [0.25, 0.3) is 5.91 Å². The van der Waals surface area contributed by atoms with Crippen LogP contribution in [-0.2, 0) is 10.3 Å². The fourth-order valence-corrected chi connectivity index (χ4v) is 2.46. The van der Waals surface area contributed by atoms with Crippen molar-refractivity contribution >= 4 is 12.0 Å². The lowest BCUT2D eigenvalue weighted by Crippen LogP contribution is -2.38. The number of carbonyl (C=O) groups excluding carboxylic acids is 2. The molecule has 0 spiro atoms. The Kier molecular flexibility index (Phi) is 5.44. The van der Waals surface area contributed by atoms with Crippen LogP contribution in [0.2, 0.25) is 0 Å². The number of ether oxygens (including phenoxy) is 1. The second-order valence-electron chi connectivity index (χ2n) is 8.50. The maximum absolute atomic E-state index is 12.3. The number of aromatic nitrogens is 2. The van der Waals surface area contributed by atoms with E-state index in [0.717, 1.165) is 18.5 Å². The van der Waals surface area contributed by atoms with E-state index in [1.807, 2.05) is 10.7 Å². The Morgan fingerprint density at radius 1 is 1.16 bits per heavy atom. The van der Waals surface area contributed by atoms with Crippen LogP contribution in [0.15, 0.2) is 6.07 Å². The normalized spacial score (nSPS) is 15.0. The maximum atomic E-state index is 12.3. The van der Waals surface area contributed by atoms with E-state index in [4.69, 9.17) is 4.74 Å². The molecule has 2 rings (SSSR count). The van der Waals surface area contributed by atoms with Crippen LogP contribution in [0.1, 0.15) is 76.5 Å². The summed E-state index contributed by atoms with van der Waals surface area (Å²) >= 11 is 0. The van der Waals surface area contributed by atoms with Gasteiger partial charge < -0.3 is 15.4 Å². The molecule has 0 atom stereocenters. The first kappa shape index (κ1) is 19.3. The van der Waals surface area contributed by atoms with Gasteiger partial charge in [0.15, 0.2) is 0 Å². The Morgan fingerprint density at radius 3 is 2.28 bits per heavy atom. The first-order valence-corrected chi connectivity index (χ1v) is 8.83. The molecule has 0 aliphatic heterocycles. The average Bonchev–Trinajstić information content (AvgIpc) is 3.18. The number of amides is 2. The van der Waals surface area contributed by atoms with Gasteiger partial charge in [0, 0.05) is 24.7 Å². The predicted octanol–water partition coefficient (Wildman–Crippen LogP) is 2.77. The van der Waals surface area contributed by atoms with E-state index in [-0.39, 0.29) is 11.4 Å². The number of nitrogens with one attached hydrogen (secondary N) is 2. The van der Waals surface area contributed by atoms with Crippen LogP contribution in [0.25, 0.3) is 0 Å². The summed E-state index contributed by atoms with van der Waals surface area (Å²) in [7, 11) is 0. The van der Waals surface area contributed by atoms with Crippen molar-refractivity contribution in [2.24, 2.45) is 0 Å². The lowest BCUT2D eigenvalue weighted by Gasteiger charge is -2.22. The van der Waals surface area contributed by atoms with E-state index in [2.05, 4.69) is 36.5 Å². The summed E-state index contributed by atoms with van der Waals surface area (Å²) in [6.45, 7) is 12.3. The highest BCUT2D eigenvalue weighted by Crippen LogP contribution is 2.41. The van der Waals surface area contributed by atoms with Crippen molar-refractivity contribution in [1.29, 1.82) is 0 Å². The van der Waals surface area contributed by atoms with Crippen LogP contribution in [0.5, 0.6) is 0 Å². The Morgan fingerprint density at radius 2 is 1.76 bits per heavy atom. The first-order chi connectivity index (χ1) is 11.5. The van der Waals surface area contributed by atoms with Crippen LogP contribution < -0.4 is 10.6 Å². The molecule has 25 heavy (non-hydrogen) atoms. The van der Waals surface area contributed by atoms with E-state index in [0.29, 0.717) is 24.7 Å². The summed E-state index contributed by atoms with van der Waals surface area (Å²) in [5.41, 5.74) is 0.861. The molecule has 0 bridgehead atoms. The van der Waals surface area contributed by atoms with E-state index < -0.39 is 11.7 Å². The molecule has 0 aromatic carbocycles. The van der Waals surface area contributed by atoms with Gasteiger partial charge in [0.1, 0.15) is 11.3 Å². The number of hydrogen-bond donors (Lipinski definition) is 2. The Labute approximate surface area is 149 Å². The van der Waals surface area contributed by atoms with E-state index in [1.165, 1.54) is 0 Å². The molecule has 7 heteroatoms. The molecule has 2 N–H and O–H groups in total. The van der Waals surface area contributed by atoms with Gasteiger partial charge in [0.05, 0.1) is 5.54 Å². The summed E-state index contributed by atoms with van der Waals surface area (Å²) in [6.07, 6.45) is 1.82. The van der Waals surface area contributed by atoms with Crippen molar-refractivity contribution in [2.45, 2.75) is 71.4 Å². The zero-order valence-electron chi connectivity index (χ0n) is 16.1. The molecule has 1 aliphatic carbocycles. The largest absolute Gasteiger partial charge is 0.444 e. The zero-order chi connectivity index (χ0) is 18.8. The highest BCUT2D eigenvalue weighted by atomic mass is 16.6. The van der Waals surface area contributed by atoms with Crippen molar-refractivity contribution in [1.82, 2.24) is 20.4 Å². The third-order valence-corrected chi connectivity index (χ3v) is 3.68. The van der Waals surface area contributed by atoms with Gasteiger partial charge in [-0.2, -0.15) is 5.10 Å². The predicted molar refractivity (Wildman–Crippen MR) is 95.8 cm³/mol. The molecule has 1 heterocycles. The first-order valence-electron chi connectivity index (χ1n) is 8.83. The van der Waals surface area contributed by atoms with Crippen molar-refractivity contribution in [2.75, 3.05) is 13.1 Å². The molecule has 140 valence electrons. The van der Waals surface area contributed by atoms with Crippen LogP contribution in [0, 0.1) is 0 Å². The molecule has 7 nitrogen and oxygen atoms in total. The fraction of sp³-hybridized carbons (Fsp3) is 0.722. The fourth-order valence-electron chi connectivity index (χ4n) is 2.46. The van der Waals surface area contributed by atoms with Crippen LogP contribution in [0.4, 0.5) is 4.79 Å². The van der Waals surface area contributed by atoms with Crippen LogP contribution in [0.3, 0.4) is 0 Å². The van der Waals surface area contributed by atoms with Crippen molar-refractivity contribution in [3.05, 3.63) is 17.5 Å². The second kappa shape index (κ2) is 7.06. The summed E-state index contributed by atoms with van der Waals surface area (Å²) in [5, 5.41) is 9.89. The quantitative estimate of drug-likeness (QED) is 0.800. The van der Waals surface area contributed by atoms with Gasteiger partial charge >= 0.3 is 6.09 Å². The summed E-state index contributed by atoms with van der Waals surface area (Å²) in [5.74, 6) is 0.290. The van der Waals surface area contributed by atoms with Gasteiger partial charge in [-0.3, -0.25) is 9.48 Å². The maximum Gasteiger partial charge on any atom is 0.407 e. The number of alkyl carbamates (subject to hydrolysis) is 1. The molecule has 0 radical (unpaired) electrons. The van der Waals surface area contributed by atoms with Crippen molar-refractivity contribution in [3.63, 3.8) is 0 Å². The van der Waals surface area contributed by atoms with Crippen LogP contribution >= 0.6 is 0 Å². The van der Waals surface area contributed by atoms with Gasteiger partial charge in [-0.25, -0.2) is 4.79 Å². The van der Waals surface area contributed by atoms with Crippen LogP contribution in [-0.4, -0.2) is 40.5 Å². The third-order valence-electron chi connectivity index (χ3n) is 3.68. The number of rotatable bonds is 5. The Hall–Kier alpha value is -2.05. The summed E-state index contributed by atoms with van der Waals surface area (Å²) in [4.78, 5) is 23.9. The SMILES string of the molecule is CC(C)(C)OC(=O)NCCNC(=O)c1cc(C2CC2)n(C(C)(C)C)n1. The van der Waals surface area contributed by atoms with Crippen molar-refractivity contribution < 1.29 is 14.3 Å². The topological polar surface area (TPSA) is 85.3 Å². The van der Waals surface area contributed by atoms with E-state index >= 15 is 0 Å². The minimum Gasteiger partial charge on any atom is -0.444 e. The van der Waals surface area contributed by atoms with E-state index in [9.17, 15) is 9.59 Å². The highest BCUT2D eigenvalue weighted by molar-refractivity contribution is 5.92. The molecule has 2 amide bonds. The highest BCUT2D eigenvalue weighted by Gasteiger charge is 2.32. The standard InChI is InChI=1S/C18H30N4O3/c1-17(2,3)22-14(12-7-8-12)11-13(21-22)15(23)19-9-10-20-16(24)25-18(4,5)6/h11-12H,7-10H2,1-6H3,(H,19,23)(H,20,24).